The first-order valence-corrected chi connectivity index (χ1v) is 5.47. The molecule has 2 heterocycles. The highest BCUT2D eigenvalue weighted by Gasteiger charge is 2.39. The summed E-state index contributed by atoms with van der Waals surface area (Å²) in [5, 5.41) is 29.8. The van der Waals surface area contributed by atoms with Gasteiger partial charge in [0.25, 0.3) is 17.5 Å². The van der Waals surface area contributed by atoms with Crippen molar-refractivity contribution in [3.63, 3.8) is 0 Å². The highest BCUT2D eigenvalue weighted by molar-refractivity contribution is 6.13. The largest absolute Gasteiger partial charge is 0.507 e. The topological polar surface area (TPSA) is 134 Å². The second-order valence-electron chi connectivity index (χ2n) is 4.17. The summed E-state index contributed by atoms with van der Waals surface area (Å²) in [5.74, 6) is -2.06. The van der Waals surface area contributed by atoms with Gasteiger partial charge in [-0.3, -0.25) is 19.7 Å². The van der Waals surface area contributed by atoms with Crippen LogP contribution >= 0.6 is 0 Å². The van der Waals surface area contributed by atoms with Gasteiger partial charge in [-0.1, -0.05) is 0 Å². The molecule has 0 bridgehead atoms. The van der Waals surface area contributed by atoms with Gasteiger partial charge >= 0.3 is 0 Å². The van der Waals surface area contributed by atoms with E-state index in [0.29, 0.717) is 5.69 Å². The first kappa shape index (κ1) is 12.0. The molecule has 0 aromatic heterocycles. The molecule has 2 N–H and O–H groups in total. The van der Waals surface area contributed by atoms with Gasteiger partial charge in [0.1, 0.15) is 11.8 Å². The number of fused-ring (bicyclic) bond motifs is 2. The number of aliphatic hydroxyl groups is 1. The first-order chi connectivity index (χ1) is 9.49. The Morgan fingerprint density at radius 3 is 2.75 bits per heavy atom. The fraction of sp³-hybridized carbons (Fsp3) is 0.0909. The molecule has 0 radical (unpaired) electrons. The minimum atomic E-state index is -1.12. The minimum Gasteiger partial charge on any atom is -0.507 e. The Bertz CT molecular complexity index is 736. The zero-order valence-corrected chi connectivity index (χ0v) is 9.73. The van der Waals surface area contributed by atoms with Crippen molar-refractivity contribution < 1.29 is 19.6 Å². The van der Waals surface area contributed by atoms with E-state index < -0.39 is 28.5 Å². The number of nitro benzene ring substituents is 1. The van der Waals surface area contributed by atoms with Crippen LogP contribution in [-0.2, 0) is 9.59 Å². The van der Waals surface area contributed by atoms with E-state index in [0.717, 1.165) is 6.07 Å². The molecule has 0 fully saturated rings. The standard InChI is InChI=1S/C11H6N4O5/c16-9-5-3-4(15(19)20)1-2-6(5)12-8-7(9)10(17)13-14-11(8)18/h1-3,8,12,16H. The summed E-state index contributed by atoms with van der Waals surface area (Å²) in [5.41, 5.74) is -0.117. The molecule has 1 atom stereocenters. The molecule has 1 unspecified atom stereocenters. The van der Waals surface area contributed by atoms with E-state index >= 15 is 0 Å². The van der Waals surface area contributed by atoms with Crippen LogP contribution in [0.1, 0.15) is 5.56 Å². The minimum absolute atomic E-state index is 0.0729. The number of hydrogen-bond donors (Lipinski definition) is 2. The van der Waals surface area contributed by atoms with Crippen molar-refractivity contribution in [3.05, 3.63) is 39.4 Å². The number of aliphatic hydroxyl groups excluding tert-OH is 1. The van der Waals surface area contributed by atoms with Gasteiger partial charge in [0.2, 0.25) is 0 Å². The Hall–Kier alpha value is -3.10. The number of rotatable bonds is 1. The highest BCUT2D eigenvalue weighted by atomic mass is 16.6. The number of non-ortho nitro benzene ring substituents is 1. The van der Waals surface area contributed by atoms with Crippen molar-refractivity contribution in [2.45, 2.75) is 6.04 Å². The van der Waals surface area contributed by atoms with Gasteiger partial charge in [-0.25, -0.2) is 0 Å². The molecule has 9 nitrogen and oxygen atoms in total. The molecular weight excluding hydrogens is 268 g/mol. The van der Waals surface area contributed by atoms with Crippen LogP contribution < -0.4 is 5.32 Å². The Labute approximate surface area is 110 Å². The lowest BCUT2D eigenvalue weighted by Gasteiger charge is -2.27. The Balaban J connectivity index is 2.22. The molecular formula is C11H6N4O5. The molecule has 2 aliphatic rings. The van der Waals surface area contributed by atoms with E-state index in [1.54, 1.807) is 0 Å². The van der Waals surface area contributed by atoms with Gasteiger partial charge in [-0.15, -0.1) is 10.2 Å². The van der Waals surface area contributed by atoms with Crippen molar-refractivity contribution >= 4 is 28.9 Å². The van der Waals surface area contributed by atoms with Gasteiger partial charge in [0.15, 0.2) is 0 Å². The zero-order chi connectivity index (χ0) is 14.4. The SMILES string of the molecule is O=C1N=NC(=O)C2Nc3ccc([N+](=O)[O-])cc3C(O)=C12. The predicted octanol–water partition coefficient (Wildman–Crippen LogP) is 1.18. The quantitative estimate of drug-likeness (QED) is 0.583. The molecule has 2 aliphatic heterocycles. The molecule has 0 aliphatic carbocycles. The number of carbonyl (C=O) groups is 2. The van der Waals surface area contributed by atoms with Crippen LogP contribution in [0.2, 0.25) is 0 Å². The Morgan fingerprint density at radius 1 is 1.30 bits per heavy atom. The summed E-state index contributed by atoms with van der Waals surface area (Å²) in [6, 6.07) is 2.57. The number of nitrogens with zero attached hydrogens (tertiary/aromatic N) is 3. The number of hydrogen-bond acceptors (Lipinski definition) is 6. The van der Waals surface area contributed by atoms with Crippen molar-refractivity contribution in [2.24, 2.45) is 10.2 Å². The van der Waals surface area contributed by atoms with Crippen LogP contribution in [0.15, 0.2) is 34.0 Å². The number of azo groups is 1. The second-order valence-corrected chi connectivity index (χ2v) is 4.17. The number of anilines is 1. The fourth-order valence-corrected chi connectivity index (χ4v) is 2.09. The molecule has 2 amide bonds. The van der Waals surface area contributed by atoms with Gasteiger partial charge in [-0.2, -0.15) is 0 Å². The van der Waals surface area contributed by atoms with Crippen LogP contribution in [-0.4, -0.2) is 27.9 Å². The van der Waals surface area contributed by atoms with Crippen molar-refractivity contribution in [1.82, 2.24) is 0 Å². The van der Waals surface area contributed by atoms with E-state index in [1.807, 2.05) is 0 Å². The van der Waals surface area contributed by atoms with Crippen LogP contribution in [0, 0.1) is 10.1 Å². The smallest absolute Gasteiger partial charge is 0.297 e. The molecule has 3 rings (SSSR count). The lowest BCUT2D eigenvalue weighted by atomic mass is 9.93. The third-order valence-corrected chi connectivity index (χ3v) is 3.03. The van der Waals surface area contributed by atoms with E-state index in [9.17, 15) is 24.8 Å². The summed E-state index contributed by atoms with van der Waals surface area (Å²) in [7, 11) is 0. The van der Waals surface area contributed by atoms with E-state index in [1.165, 1.54) is 12.1 Å². The molecule has 20 heavy (non-hydrogen) atoms. The number of nitro groups is 1. The zero-order valence-electron chi connectivity index (χ0n) is 9.73. The number of carbonyl (C=O) groups excluding carboxylic acids is 2. The van der Waals surface area contributed by atoms with Crippen molar-refractivity contribution in [2.75, 3.05) is 5.32 Å². The van der Waals surface area contributed by atoms with Crippen LogP contribution in [0.3, 0.4) is 0 Å². The van der Waals surface area contributed by atoms with Crippen LogP contribution in [0.25, 0.3) is 5.76 Å². The lowest BCUT2D eigenvalue weighted by Crippen LogP contribution is -2.39. The van der Waals surface area contributed by atoms with Gasteiger partial charge in [-0.05, 0) is 6.07 Å². The van der Waals surface area contributed by atoms with E-state index in [4.69, 9.17) is 0 Å². The maximum atomic E-state index is 11.6. The number of benzene rings is 1. The van der Waals surface area contributed by atoms with E-state index in [-0.39, 0.29) is 16.8 Å². The van der Waals surface area contributed by atoms with Crippen LogP contribution in [0.4, 0.5) is 11.4 Å². The Kier molecular flexibility index (Phi) is 2.36. The summed E-state index contributed by atoms with van der Waals surface area (Å²) in [6.07, 6.45) is 0. The maximum absolute atomic E-state index is 11.6. The number of nitrogens with one attached hydrogen (secondary N) is 1. The summed E-state index contributed by atoms with van der Waals surface area (Å²) >= 11 is 0. The van der Waals surface area contributed by atoms with Gasteiger partial charge < -0.3 is 10.4 Å². The second kappa shape index (κ2) is 3.95. The Morgan fingerprint density at radius 2 is 2.05 bits per heavy atom. The van der Waals surface area contributed by atoms with Crippen LogP contribution in [0.5, 0.6) is 0 Å². The summed E-state index contributed by atoms with van der Waals surface area (Å²) in [4.78, 5) is 33.3. The first-order valence-electron chi connectivity index (χ1n) is 5.47. The summed E-state index contributed by atoms with van der Waals surface area (Å²) in [6.45, 7) is 0. The fourth-order valence-electron chi connectivity index (χ4n) is 2.09. The molecule has 0 saturated heterocycles. The van der Waals surface area contributed by atoms with Gasteiger partial charge in [0.05, 0.1) is 10.5 Å². The van der Waals surface area contributed by atoms with E-state index in [2.05, 4.69) is 15.5 Å². The normalized spacial score (nSPS) is 20.3. The third-order valence-electron chi connectivity index (χ3n) is 3.03. The molecule has 0 saturated carbocycles. The van der Waals surface area contributed by atoms with Gasteiger partial charge in [0, 0.05) is 23.4 Å². The molecule has 1 aromatic carbocycles. The predicted molar refractivity (Wildman–Crippen MR) is 64.9 cm³/mol. The summed E-state index contributed by atoms with van der Waals surface area (Å²) < 4.78 is 0. The molecule has 100 valence electrons. The monoisotopic (exact) mass is 274 g/mol. The van der Waals surface area contributed by atoms with Crippen molar-refractivity contribution in [3.8, 4) is 0 Å². The molecule has 0 spiro atoms. The van der Waals surface area contributed by atoms with Crippen molar-refractivity contribution in [1.29, 1.82) is 0 Å². The third kappa shape index (κ3) is 1.56. The number of amides is 2. The lowest BCUT2D eigenvalue weighted by molar-refractivity contribution is -0.384. The average molecular weight is 274 g/mol. The maximum Gasteiger partial charge on any atom is 0.297 e. The molecule has 1 aromatic rings. The molecule has 9 heteroatoms. The average Bonchev–Trinajstić information content (AvgIpc) is 2.42. The highest BCUT2D eigenvalue weighted by Crippen LogP contribution is 2.36.